The Morgan fingerprint density at radius 3 is 2.48 bits per heavy atom. The number of carbonyl (C=O) groups is 1. The van der Waals surface area contributed by atoms with Crippen molar-refractivity contribution in [1.29, 1.82) is 0 Å². The van der Waals surface area contributed by atoms with E-state index in [4.69, 9.17) is 0 Å². The van der Waals surface area contributed by atoms with Crippen LogP contribution in [-0.2, 0) is 11.2 Å². The topological polar surface area (TPSA) is 20.3 Å². The van der Waals surface area contributed by atoms with Gasteiger partial charge in [0.2, 0.25) is 5.91 Å². The molecule has 0 aromatic heterocycles. The lowest BCUT2D eigenvalue weighted by Gasteiger charge is -2.31. The maximum Gasteiger partial charge on any atom is 0.226 e. The van der Waals surface area contributed by atoms with E-state index in [-0.39, 0.29) is 5.92 Å². The van der Waals surface area contributed by atoms with Gasteiger partial charge in [0.15, 0.2) is 0 Å². The minimum Gasteiger partial charge on any atom is -0.339 e. The zero-order valence-electron chi connectivity index (χ0n) is 12.9. The first kappa shape index (κ1) is 15.0. The van der Waals surface area contributed by atoms with Crippen LogP contribution in [0.25, 0.3) is 0 Å². The van der Waals surface area contributed by atoms with Crippen molar-refractivity contribution in [2.75, 3.05) is 12.8 Å². The molecule has 2 fully saturated rings. The van der Waals surface area contributed by atoms with Crippen LogP contribution in [0, 0.1) is 5.92 Å². The molecule has 0 spiro atoms. The van der Waals surface area contributed by atoms with Gasteiger partial charge in [-0.3, -0.25) is 4.79 Å². The molecule has 3 rings (SSSR count). The van der Waals surface area contributed by atoms with Crippen LogP contribution in [0.3, 0.4) is 0 Å². The molecule has 1 atom stereocenters. The van der Waals surface area contributed by atoms with E-state index in [2.05, 4.69) is 35.4 Å². The summed E-state index contributed by atoms with van der Waals surface area (Å²) in [6.45, 7) is 0.983. The second kappa shape index (κ2) is 6.87. The summed E-state index contributed by atoms with van der Waals surface area (Å²) in [5.41, 5.74) is 1.30. The Bertz CT molecular complexity index is 478. The number of hydrogen-bond donors (Lipinski definition) is 0. The lowest BCUT2D eigenvalue weighted by Crippen LogP contribution is -2.39. The van der Waals surface area contributed by atoms with Crippen molar-refractivity contribution >= 4 is 17.7 Å². The number of rotatable bonds is 4. The van der Waals surface area contributed by atoms with Gasteiger partial charge in [-0.15, -0.1) is 11.8 Å². The van der Waals surface area contributed by atoms with Crippen LogP contribution in [-0.4, -0.2) is 29.6 Å². The average Bonchev–Trinajstić information content (AvgIpc) is 2.90. The molecular formula is C18H25NOS. The maximum absolute atomic E-state index is 12.7. The van der Waals surface area contributed by atoms with Crippen molar-refractivity contribution in [2.24, 2.45) is 5.92 Å². The molecule has 0 radical (unpaired) electrons. The standard InChI is InChI=1S/C18H25NOS/c1-21-17-9-7-14(8-10-17)13-15-11-12-19(18(15)20)16-5-3-2-4-6-16/h7-10,15-16H,2-6,11-13H2,1H3. The molecule has 1 saturated heterocycles. The molecule has 0 N–H and O–H groups in total. The summed E-state index contributed by atoms with van der Waals surface area (Å²) in [6.07, 6.45) is 10.4. The van der Waals surface area contributed by atoms with Gasteiger partial charge < -0.3 is 4.90 Å². The van der Waals surface area contributed by atoms with Crippen molar-refractivity contribution in [1.82, 2.24) is 4.90 Å². The number of likely N-dealkylation sites (tertiary alicyclic amines) is 1. The first-order valence-electron chi connectivity index (χ1n) is 8.21. The van der Waals surface area contributed by atoms with Crippen LogP contribution in [0.1, 0.15) is 44.1 Å². The Balaban J connectivity index is 1.60. The molecule has 1 unspecified atom stereocenters. The molecule has 1 aliphatic carbocycles. The normalized spacial score (nSPS) is 23.8. The first-order chi connectivity index (χ1) is 10.3. The maximum atomic E-state index is 12.7. The van der Waals surface area contributed by atoms with Gasteiger partial charge in [-0.05, 0) is 49.6 Å². The van der Waals surface area contributed by atoms with Crippen LogP contribution < -0.4 is 0 Å². The number of amides is 1. The van der Waals surface area contributed by atoms with Crippen LogP contribution >= 0.6 is 11.8 Å². The fraction of sp³-hybridized carbons (Fsp3) is 0.611. The second-order valence-corrected chi connectivity index (χ2v) is 7.24. The summed E-state index contributed by atoms with van der Waals surface area (Å²) in [7, 11) is 0. The number of hydrogen-bond acceptors (Lipinski definition) is 2. The number of thioether (sulfide) groups is 1. The van der Waals surface area contributed by atoms with Crippen LogP contribution in [0.2, 0.25) is 0 Å². The van der Waals surface area contributed by atoms with Crippen molar-refractivity contribution in [3.8, 4) is 0 Å². The molecule has 114 valence electrons. The summed E-state index contributed by atoms with van der Waals surface area (Å²) < 4.78 is 0. The van der Waals surface area contributed by atoms with E-state index in [1.165, 1.54) is 42.6 Å². The predicted octanol–water partition coefficient (Wildman–Crippen LogP) is 4.13. The quantitative estimate of drug-likeness (QED) is 0.779. The van der Waals surface area contributed by atoms with Gasteiger partial charge in [-0.2, -0.15) is 0 Å². The van der Waals surface area contributed by atoms with Gasteiger partial charge in [0, 0.05) is 23.4 Å². The Morgan fingerprint density at radius 2 is 1.81 bits per heavy atom. The molecule has 1 heterocycles. The highest BCUT2D eigenvalue weighted by atomic mass is 32.2. The molecule has 2 nitrogen and oxygen atoms in total. The Morgan fingerprint density at radius 1 is 1.10 bits per heavy atom. The molecule has 1 amide bonds. The highest BCUT2D eigenvalue weighted by Gasteiger charge is 2.35. The minimum absolute atomic E-state index is 0.215. The molecule has 3 heteroatoms. The fourth-order valence-electron chi connectivity index (χ4n) is 3.75. The second-order valence-electron chi connectivity index (χ2n) is 6.36. The predicted molar refractivity (Wildman–Crippen MR) is 88.6 cm³/mol. The Kier molecular flexibility index (Phi) is 4.89. The van der Waals surface area contributed by atoms with Crippen molar-refractivity contribution in [3.05, 3.63) is 29.8 Å². The average molecular weight is 303 g/mol. The minimum atomic E-state index is 0.215. The third-order valence-corrected chi connectivity index (χ3v) is 5.75. The summed E-state index contributed by atoms with van der Waals surface area (Å²) in [6, 6.07) is 9.23. The van der Waals surface area contributed by atoms with Gasteiger partial charge in [0.25, 0.3) is 0 Å². The number of carbonyl (C=O) groups excluding carboxylic acids is 1. The third-order valence-electron chi connectivity index (χ3n) is 5.01. The van der Waals surface area contributed by atoms with Gasteiger partial charge in [0.05, 0.1) is 0 Å². The number of benzene rings is 1. The van der Waals surface area contributed by atoms with Crippen LogP contribution in [0.5, 0.6) is 0 Å². The molecule has 1 aliphatic heterocycles. The zero-order chi connectivity index (χ0) is 14.7. The third kappa shape index (κ3) is 3.45. The smallest absolute Gasteiger partial charge is 0.226 e. The highest BCUT2D eigenvalue weighted by molar-refractivity contribution is 7.98. The van der Waals surface area contributed by atoms with Crippen LogP contribution in [0.15, 0.2) is 29.2 Å². The summed E-state index contributed by atoms with van der Waals surface area (Å²) in [4.78, 5) is 16.1. The Labute approximate surface area is 132 Å². The van der Waals surface area contributed by atoms with E-state index in [0.29, 0.717) is 11.9 Å². The van der Waals surface area contributed by atoms with Crippen molar-refractivity contribution in [2.45, 2.75) is 55.9 Å². The van der Waals surface area contributed by atoms with Crippen molar-refractivity contribution < 1.29 is 4.79 Å². The summed E-state index contributed by atoms with van der Waals surface area (Å²) >= 11 is 1.76. The summed E-state index contributed by atoms with van der Waals surface area (Å²) in [5, 5.41) is 0. The lowest BCUT2D eigenvalue weighted by molar-refractivity contribution is -0.133. The zero-order valence-corrected chi connectivity index (χ0v) is 13.7. The molecule has 21 heavy (non-hydrogen) atoms. The monoisotopic (exact) mass is 303 g/mol. The summed E-state index contributed by atoms with van der Waals surface area (Å²) in [5.74, 6) is 0.628. The SMILES string of the molecule is CSc1ccc(CC2CCN(C3CCCCC3)C2=O)cc1. The van der Waals surface area contributed by atoms with Crippen LogP contribution in [0.4, 0.5) is 0 Å². The van der Waals surface area contributed by atoms with Gasteiger partial charge >= 0.3 is 0 Å². The lowest BCUT2D eigenvalue weighted by atomic mass is 9.94. The molecule has 1 aromatic carbocycles. The Hall–Kier alpha value is -0.960. The molecule has 1 saturated carbocycles. The van der Waals surface area contributed by atoms with E-state index < -0.39 is 0 Å². The highest BCUT2D eigenvalue weighted by Crippen LogP contribution is 2.30. The number of nitrogens with zero attached hydrogens (tertiary/aromatic N) is 1. The van der Waals surface area contributed by atoms with E-state index in [0.717, 1.165) is 19.4 Å². The van der Waals surface area contributed by atoms with Gasteiger partial charge in [0.1, 0.15) is 0 Å². The largest absolute Gasteiger partial charge is 0.339 e. The molecule has 0 bridgehead atoms. The van der Waals surface area contributed by atoms with Gasteiger partial charge in [-0.25, -0.2) is 0 Å². The molecular weight excluding hydrogens is 278 g/mol. The van der Waals surface area contributed by atoms with E-state index >= 15 is 0 Å². The molecule has 1 aromatic rings. The van der Waals surface area contributed by atoms with Gasteiger partial charge in [-0.1, -0.05) is 31.4 Å². The van der Waals surface area contributed by atoms with Crippen molar-refractivity contribution in [3.63, 3.8) is 0 Å². The first-order valence-corrected chi connectivity index (χ1v) is 9.44. The fourth-order valence-corrected chi connectivity index (χ4v) is 4.16. The van der Waals surface area contributed by atoms with E-state index in [1.54, 1.807) is 11.8 Å². The molecule has 2 aliphatic rings. The van der Waals surface area contributed by atoms with E-state index in [9.17, 15) is 4.79 Å². The van der Waals surface area contributed by atoms with E-state index in [1.807, 2.05) is 0 Å².